The maximum Gasteiger partial charge on any atom is 0.307 e. The molecule has 1 aromatic carbocycles. The number of aliphatic carboxylic acids is 1. The Balaban J connectivity index is 3.04. The van der Waals surface area contributed by atoms with E-state index in [-0.39, 0.29) is 6.42 Å². The van der Waals surface area contributed by atoms with Crippen molar-refractivity contribution in [2.75, 3.05) is 0 Å². The summed E-state index contributed by atoms with van der Waals surface area (Å²) in [7, 11) is 0. The number of carbonyl (C=O) groups is 1. The predicted octanol–water partition coefficient (Wildman–Crippen LogP) is 2.52. The lowest BCUT2D eigenvalue weighted by Crippen LogP contribution is -2.03. The molecule has 4 heteroatoms. The minimum atomic E-state index is -0.781. The van der Waals surface area contributed by atoms with Crippen LogP contribution in [0.2, 0.25) is 0 Å². The molecule has 64 valence electrons. The van der Waals surface area contributed by atoms with Crippen molar-refractivity contribution in [1.29, 1.82) is 0 Å². The molecule has 0 bridgehead atoms. The van der Waals surface area contributed by atoms with Gasteiger partial charge in [0.15, 0.2) is 0 Å². The summed E-state index contributed by atoms with van der Waals surface area (Å²) in [5.74, 6) is -0.781. The van der Waals surface area contributed by atoms with Gasteiger partial charge in [0.05, 0.1) is 6.42 Å². The lowest BCUT2D eigenvalue weighted by Gasteiger charge is -2.03. The molecule has 1 aromatic rings. The molecule has 1 N–H and O–H groups in total. The van der Waals surface area contributed by atoms with Crippen molar-refractivity contribution in [2.24, 2.45) is 0 Å². The molecule has 0 aliphatic carbocycles. The molecule has 0 amide bonds. The number of carboxylic acids is 1. The molecule has 0 saturated heterocycles. The van der Waals surface area contributed by atoms with E-state index in [1.165, 1.54) is 0 Å². The van der Waals surface area contributed by atoms with Gasteiger partial charge in [-0.15, -0.1) is 0 Å². The van der Waals surface area contributed by atoms with Gasteiger partial charge in [-0.25, -0.2) is 0 Å². The zero-order valence-corrected chi connectivity index (χ0v) is 10.4. The average Bonchev–Trinajstić information content (AvgIpc) is 1.97. The lowest BCUT2D eigenvalue weighted by atomic mass is 10.2. The summed E-state index contributed by atoms with van der Waals surface area (Å²) >= 11 is 4.30. The molecule has 0 spiro atoms. The van der Waals surface area contributed by atoms with Crippen LogP contribution in [-0.2, 0) is 11.2 Å². The smallest absolute Gasteiger partial charge is 0.307 e. The molecule has 0 aliphatic rings. The fourth-order valence-corrected chi connectivity index (χ4v) is 2.75. The van der Waals surface area contributed by atoms with Crippen LogP contribution in [0.4, 0.5) is 0 Å². The Kier molecular flexibility index (Phi) is 3.76. The summed E-state index contributed by atoms with van der Waals surface area (Å²) in [5.41, 5.74) is 0.909. The maximum atomic E-state index is 10.5. The monoisotopic (exact) mass is 388 g/mol. The third kappa shape index (κ3) is 2.58. The molecule has 0 aromatic heterocycles. The molecule has 0 unspecified atom stereocenters. The van der Waals surface area contributed by atoms with E-state index < -0.39 is 5.97 Å². The van der Waals surface area contributed by atoms with Crippen molar-refractivity contribution < 1.29 is 9.90 Å². The summed E-state index contributed by atoms with van der Waals surface area (Å²) in [6.07, 6.45) is 0.109. The van der Waals surface area contributed by atoms with Crippen LogP contribution >= 0.6 is 45.2 Å². The van der Waals surface area contributed by atoms with Crippen LogP contribution in [0.25, 0.3) is 0 Å². The van der Waals surface area contributed by atoms with E-state index in [0.717, 1.165) is 12.7 Å². The summed E-state index contributed by atoms with van der Waals surface area (Å²) in [4.78, 5) is 10.5. The number of carboxylic acid groups (broad SMARTS) is 1. The first kappa shape index (κ1) is 10.2. The SMILES string of the molecule is O=C(O)Cc1c(I)cccc1I. The van der Waals surface area contributed by atoms with Gasteiger partial charge in [-0.1, -0.05) is 6.07 Å². The molecule has 0 aliphatic heterocycles. The van der Waals surface area contributed by atoms with Gasteiger partial charge in [-0.3, -0.25) is 4.79 Å². The highest BCUT2D eigenvalue weighted by molar-refractivity contribution is 14.1. The van der Waals surface area contributed by atoms with Gasteiger partial charge in [-0.2, -0.15) is 0 Å². The first-order valence-corrected chi connectivity index (χ1v) is 5.41. The highest BCUT2D eigenvalue weighted by atomic mass is 127. The van der Waals surface area contributed by atoms with Crippen molar-refractivity contribution in [3.8, 4) is 0 Å². The predicted molar refractivity (Wildman–Crippen MR) is 63.2 cm³/mol. The number of rotatable bonds is 2. The van der Waals surface area contributed by atoms with Gasteiger partial charge in [-0.05, 0) is 62.9 Å². The van der Waals surface area contributed by atoms with Crippen LogP contribution in [-0.4, -0.2) is 11.1 Å². The van der Waals surface area contributed by atoms with Crippen molar-refractivity contribution in [1.82, 2.24) is 0 Å². The summed E-state index contributed by atoms with van der Waals surface area (Å²) in [6.45, 7) is 0. The molecular weight excluding hydrogens is 382 g/mol. The second kappa shape index (κ2) is 4.40. The largest absolute Gasteiger partial charge is 0.481 e. The average molecular weight is 388 g/mol. The summed E-state index contributed by atoms with van der Waals surface area (Å²) < 4.78 is 2.03. The molecule has 0 fully saturated rings. The molecule has 0 radical (unpaired) electrons. The Hall–Kier alpha value is 0.150. The normalized spacial score (nSPS) is 9.83. The second-order valence-corrected chi connectivity index (χ2v) is 4.60. The Labute approximate surface area is 97.6 Å². The first-order chi connectivity index (χ1) is 5.61. The molecule has 0 saturated carbocycles. The topological polar surface area (TPSA) is 37.3 Å². The van der Waals surface area contributed by atoms with E-state index in [1.807, 2.05) is 18.2 Å². The minimum absolute atomic E-state index is 0.109. The van der Waals surface area contributed by atoms with Crippen LogP contribution in [0.1, 0.15) is 5.56 Å². The van der Waals surface area contributed by atoms with Gasteiger partial charge in [0.25, 0.3) is 0 Å². The highest BCUT2D eigenvalue weighted by Crippen LogP contribution is 2.19. The van der Waals surface area contributed by atoms with Crippen molar-refractivity contribution >= 4 is 51.2 Å². The third-order valence-corrected chi connectivity index (χ3v) is 3.41. The van der Waals surface area contributed by atoms with E-state index >= 15 is 0 Å². The number of hydrogen-bond donors (Lipinski definition) is 1. The van der Waals surface area contributed by atoms with Gasteiger partial charge >= 0.3 is 5.97 Å². The van der Waals surface area contributed by atoms with E-state index in [9.17, 15) is 4.79 Å². The quantitative estimate of drug-likeness (QED) is 0.792. The zero-order valence-electron chi connectivity index (χ0n) is 6.05. The summed E-state index contributed by atoms with van der Waals surface area (Å²) in [5, 5.41) is 8.61. The lowest BCUT2D eigenvalue weighted by molar-refractivity contribution is -0.136. The minimum Gasteiger partial charge on any atom is -0.481 e. The van der Waals surface area contributed by atoms with Crippen LogP contribution in [0.5, 0.6) is 0 Å². The Morgan fingerprint density at radius 1 is 1.33 bits per heavy atom. The summed E-state index contributed by atoms with van der Waals surface area (Å²) in [6, 6.07) is 5.76. The van der Waals surface area contributed by atoms with Crippen LogP contribution < -0.4 is 0 Å². The molecule has 0 heterocycles. The molecule has 0 atom stereocenters. The van der Waals surface area contributed by atoms with E-state index in [0.29, 0.717) is 0 Å². The number of hydrogen-bond acceptors (Lipinski definition) is 1. The van der Waals surface area contributed by atoms with Crippen LogP contribution in [0.15, 0.2) is 18.2 Å². The zero-order chi connectivity index (χ0) is 9.14. The Morgan fingerprint density at radius 3 is 2.25 bits per heavy atom. The van der Waals surface area contributed by atoms with Crippen LogP contribution in [0, 0.1) is 7.14 Å². The van der Waals surface area contributed by atoms with Gasteiger partial charge in [0.1, 0.15) is 0 Å². The Bertz CT molecular complexity index is 290. The fraction of sp³-hybridized carbons (Fsp3) is 0.125. The second-order valence-electron chi connectivity index (χ2n) is 2.27. The maximum absolute atomic E-state index is 10.5. The number of halogens is 2. The van der Waals surface area contributed by atoms with Gasteiger partial charge in [0.2, 0.25) is 0 Å². The molecule has 2 nitrogen and oxygen atoms in total. The van der Waals surface area contributed by atoms with Crippen molar-refractivity contribution in [3.63, 3.8) is 0 Å². The first-order valence-electron chi connectivity index (χ1n) is 3.26. The van der Waals surface area contributed by atoms with E-state index in [1.54, 1.807) is 0 Å². The molecule has 12 heavy (non-hydrogen) atoms. The van der Waals surface area contributed by atoms with Crippen molar-refractivity contribution in [2.45, 2.75) is 6.42 Å². The van der Waals surface area contributed by atoms with Gasteiger partial charge < -0.3 is 5.11 Å². The van der Waals surface area contributed by atoms with E-state index in [2.05, 4.69) is 45.2 Å². The Morgan fingerprint density at radius 2 is 1.83 bits per heavy atom. The highest BCUT2D eigenvalue weighted by Gasteiger charge is 2.07. The van der Waals surface area contributed by atoms with E-state index in [4.69, 9.17) is 5.11 Å². The van der Waals surface area contributed by atoms with Crippen LogP contribution in [0.3, 0.4) is 0 Å². The third-order valence-electron chi connectivity index (χ3n) is 1.39. The standard InChI is InChI=1S/C8H6I2O2/c9-6-2-1-3-7(10)5(6)4-8(11)12/h1-3H,4H2,(H,11,12). The number of benzene rings is 1. The van der Waals surface area contributed by atoms with Crippen molar-refractivity contribution in [3.05, 3.63) is 30.9 Å². The van der Waals surface area contributed by atoms with Gasteiger partial charge in [0, 0.05) is 7.14 Å². The molecular formula is C8H6I2O2. The molecule has 1 rings (SSSR count). The fourth-order valence-electron chi connectivity index (χ4n) is 0.852.